The lowest BCUT2D eigenvalue weighted by Gasteiger charge is -2.23. The molecule has 1 aliphatic heterocycles. The van der Waals surface area contributed by atoms with Crippen LogP contribution in [0.15, 0.2) is 84.4 Å². The molecule has 0 amide bonds. The summed E-state index contributed by atoms with van der Waals surface area (Å²) < 4.78 is 0. The molecule has 3 aromatic carbocycles. The van der Waals surface area contributed by atoms with Crippen molar-refractivity contribution in [3.63, 3.8) is 0 Å². The van der Waals surface area contributed by atoms with Crippen LogP contribution in [0.3, 0.4) is 0 Å². The Morgan fingerprint density at radius 2 is 1.55 bits per heavy atom. The number of hydrogen-bond acceptors (Lipinski definition) is 4. The molecule has 5 heteroatoms. The monoisotopic (exact) mass is 407 g/mol. The van der Waals surface area contributed by atoms with Crippen molar-refractivity contribution < 1.29 is 14.9 Å². The Morgan fingerprint density at radius 3 is 2.17 bits per heavy atom. The van der Waals surface area contributed by atoms with E-state index >= 15 is 0 Å². The summed E-state index contributed by atoms with van der Waals surface area (Å²) in [4.78, 5) is 13.2. The third-order valence-electron chi connectivity index (χ3n) is 5.03. The van der Waals surface area contributed by atoms with Gasteiger partial charge in [-0.3, -0.25) is 0 Å². The molecular weight excluding hydrogens is 386 g/mol. The number of nitrogens with zero attached hydrogens (tertiary/aromatic N) is 1. The number of benzene rings is 3. The first kappa shape index (κ1) is 19.5. The lowest BCUT2D eigenvalue weighted by molar-refractivity contribution is -0.357. The lowest BCUT2D eigenvalue weighted by atomic mass is 9.90. The number of aliphatic hydroxyl groups is 1. The van der Waals surface area contributed by atoms with Crippen LogP contribution < -0.4 is 4.90 Å². The Kier molecular flexibility index (Phi) is 5.33. The summed E-state index contributed by atoms with van der Waals surface area (Å²) >= 11 is 6.03. The Balaban J connectivity index is 1.81. The van der Waals surface area contributed by atoms with Crippen molar-refractivity contribution in [2.45, 2.75) is 12.2 Å². The van der Waals surface area contributed by atoms with Crippen LogP contribution in [-0.2, 0) is 22.0 Å². The van der Waals surface area contributed by atoms with E-state index in [0.717, 1.165) is 16.8 Å². The smallest absolute Gasteiger partial charge is 0.263 e. The van der Waals surface area contributed by atoms with E-state index in [9.17, 15) is 5.11 Å². The van der Waals surface area contributed by atoms with E-state index in [1.165, 1.54) is 0 Å². The van der Waals surface area contributed by atoms with Crippen molar-refractivity contribution in [3.05, 3.63) is 106 Å². The summed E-state index contributed by atoms with van der Waals surface area (Å²) in [5, 5.41) is 12.1. The van der Waals surface area contributed by atoms with Crippen LogP contribution >= 0.6 is 11.6 Å². The zero-order valence-electron chi connectivity index (χ0n) is 16.3. The van der Waals surface area contributed by atoms with Gasteiger partial charge in [0.15, 0.2) is 5.76 Å². The zero-order chi connectivity index (χ0) is 20.4. The molecule has 1 heterocycles. The van der Waals surface area contributed by atoms with Crippen LogP contribution in [0, 0.1) is 0 Å². The molecule has 0 aromatic heterocycles. The van der Waals surface area contributed by atoms with E-state index in [2.05, 4.69) is 0 Å². The molecule has 29 heavy (non-hydrogen) atoms. The fourth-order valence-corrected chi connectivity index (χ4v) is 3.51. The predicted molar refractivity (Wildman–Crippen MR) is 115 cm³/mol. The van der Waals surface area contributed by atoms with Gasteiger partial charge in [-0.05, 0) is 42.0 Å². The van der Waals surface area contributed by atoms with Crippen LogP contribution in [-0.4, -0.2) is 19.2 Å². The third-order valence-corrected chi connectivity index (χ3v) is 5.29. The molecular formula is C24H22ClNO3. The van der Waals surface area contributed by atoms with Crippen LogP contribution in [0.25, 0.3) is 5.76 Å². The number of hydrogen-bond donors (Lipinski definition) is 1. The van der Waals surface area contributed by atoms with E-state index in [1.54, 1.807) is 24.3 Å². The Labute approximate surface area is 175 Å². The topological polar surface area (TPSA) is 41.9 Å². The Morgan fingerprint density at radius 1 is 0.897 bits per heavy atom. The average molecular weight is 408 g/mol. The highest BCUT2D eigenvalue weighted by molar-refractivity contribution is 6.30. The highest BCUT2D eigenvalue weighted by atomic mass is 35.5. The van der Waals surface area contributed by atoms with Crippen molar-refractivity contribution in [2.24, 2.45) is 0 Å². The first-order valence-corrected chi connectivity index (χ1v) is 9.74. The van der Waals surface area contributed by atoms with Gasteiger partial charge < -0.3 is 14.9 Å². The van der Waals surface area contributed by atoms with E-state index in [4.69, 9.17) is 21.4 Å². The molecule has 1 unspecified atom stereocenters. The fraction of sp³-hybridized carbons (Fsp3) is 0.167. The lowest BCUT2D eigenvalue weighted by Crippen LogP contribution is -2.28. The second-order valence-corrected chi connectivity index (χ2v) is 7.67. The molecule has 3 aromatic rings. The molecule has 4 rings (SSSR count). The van der Waals surface area contributed by atoms with Gasteiger partial charge in [-0.15, -0.1) is 4.89 Å². The van der Waals surface area contributed by atoms with E-state index in [1.807, 2.05) is 73.6 Å². The van der Waals surface area contributed by atoms with Gasteiger partial charge in [0.2, 0.25) is 0 Å². The molecule has 4 nitrogen and oxygen atoms in total. The fourth-order valence-electron chi connectivity index (χ4n) is 3.39. The van der Waals surface area contributed by atoms with E-state index < -0.39 is 5.79 Å². The molecule has 1 aliphatic rings. The normalized spacial score (nSPS) is 18.6. The zero-order valence-corrected chi connectivity index (χ0v) is 17.1. The van der Waals surface area contributed by atoms with Gasteiger partial charge in [0.25, 0.3) is 5.79 Å². The SMILES string of the molecule is CN(C)c1ccc(C2=C(Cc3ccccc3)C(O)(c3ccc(Cl)cc3)OO2)cc1. The minimum atomic E-state index is -1.70. The summed E-state index contributed by atoms with van der Waals surface area (Å²) in [5.41, 5.74) is 4.17. The van der Waals surface area contributed by atoms with Crippen molar-refractivity contribution in [1.29, 1.82) is 0 Å². The Bertz CT molecular complexity index is 1010. The van der Waals surface area contributed by atoms with Gasteiger partial charge >= 0.3 is 0 Å². The molecule has 0 fully saturated rings. The van der Waals surface area contributed by atoms with Gasteiger partial charge in [-0.25, -0.2) is 0 Å². The largest absolute Gasteiger partial charge is 0.378 e. The maximum absolute atomic E-state index is 11.5. The summed E-state index contributed by atoms with van der Waals surface area (Å²) in [6.07, 6.45) is 0.477. The number of halogens is 1. The molecule has 0 saturated carbocycles. The van der Waals surface area contributed by atoms with Crippen LogP contribution in [0.5, 0.6) is 0 Å². The second kappa shape index (κ2) is 7.91. The highest BCUT2D eigenvalue weighted by Gasteiger charge is 2.45. The van der Waals surface area contributed by atoms with Crippen LogP contribution in [0.4, 0.5) is 5.69 Å². The van der Waals surface area contributed by atoms with E-state index in [-0.39, 0.29) is 0 Å². The van der Waals surface area contributed by atoms with Gasteiger partial charge in [-0.1, -0.05) is 54.1 Å². The molecule has 0 aliphatic carbocycles. The minimum Gasteiger partial charge on any atom is -0.378 e. The highest BCUT2D eigenvalue weighted by Crippen LogP contribution is 2.45. The first-order valence-electron chi connectivity index (χ1n) is 9.37. The maximum Gasteiger partial charge on any atom is 0.263 e. The van der Waals surface area contributed by atoms with Gasteiger partial charge in [0, 0.05) is 47.9 Å². The van der Waals surface area contributed by atoms with Crippen molar-refractivity contribution in [1.82, 2.24) is 0 Å². The quantitative estimate of drug-likeness (QED) is 0.592. The van der Waals surface area contributed by atoms with Crippen LogP contribution in [0.2, 0.25) is 5.02 Å². The molecule has 1 N–H and O–H groups in total. The van der Waals surface area contributed by atoms with Gasteiger partial charge in [-0.2, -0.15) is 0 Å². The van der Waals surface area contributed by atoms with E-state index in [0.29, 0.717) is 28.3 Å². The maximum atomic E-state index is 11.5. The molecule has 0 radical (unpaired) electrons. The molecule has 0 bridgehead atoms. The minimum absolute atomic E-state index is 0.477. The molecule has 1 atom stereocenters. The average Bonchev–Trinajstić information content (AvgIpc) is 3.06. The molecule has 148 valence electrons. The summed E-state index contributed by atoms with van der Waals surface area (Å²) in [7, 11) is 3.98. The summed E-state index contributed by atoms with van der Waals surface area (Å²) in [6.45, 7) is 0. The molecule has 0 saturated heterocycles. The van der Waals surface area contributed by atoms with Gasteiger partial charge in [0.1, 0.15) is 0 Å². The van der Waals surface area contributed by atoms with Crippen LogP contribution in [0.1, 0.15) is 16.7 Å². The first-order chi connectivity index (χ1) is 14.0. The third kappa shape index (κ3) is 3.87. The summed E-state index contributed by atoms with van der Waals surface area (Å²) in [5.74, 6) is -1.17. The van der Waals surface area contributed by atoms with Crippen molar-refractivity contribution in [3.8, 4) is 0 Å². The number of rotatable bonds is 5. The van der Waals surface area contributed by atoms with Crippen molar-refractivity contribution >= 4 is 23.0 Å². The second-order valence-electron chi connectivity index (χ2n) is 7.23. The molecule has 0 spiro atoms. The Hall–Kier alpha value is -2.79. The predicted octanol–water partition coefficient (Wildman–Crippen LogP) is 5.17. The standard InChI is InChI=1S/C24H22ClNO3/c1-26(2)21-14-8-18(9-15-21)23-22(16-17-6-4-3-5-7-17)24(27,29-28-23)19-10-12-20(25)13-11-19/h3-15,27H,16H2,1-2H3. The number of anilines is 1. The van der Waals surface area contributed by atoms with Gasteiger partial charge in [0.05, 0.1) is 0 Å². The summed E-state index contributed by atoms with van der Waals surface area (Å²) in [6, 6.07) is 24.8. The van der Waals surface area contributed by atoms with Crippen molar-refractivity contribution in [2.75, 3.05) is 19.0 Å².